The molecule has 10 heteroatoms. The summed E-state index contributed by atoms with van der Waals surface area (Å²) in [7, 11) is 0. The van der Waals surface area contributed by atoms with Gasteiger partial charge in [-0.25, -0.2) is 4.98 Å². The molecule has 5 heterocycles. The molecule has 0 amide bonds. The number of nitrogens with zero attached hydrogens (tertiary/aromatic N) is 2. The number of thioether (sulfide) groups is 4. The maximum Gasteiger partial charge on any atom is 0.159 e. The fraction of sp³-hybridized carbons (Fsp3) is 0.579. The third-order valence-corrected chi connectivity index (χ3v) is 9.78. The van der Waals surface area contributed by atoms with Crippen molar-refractivity contribution >= 4 is 90.0 Å². The maximum atomic E-state index is 4.20. The van der Waals surface area contributed by atoms with Crippen LogP contribution in [0.3, 0.4) is 0 Å². The largest absolute Gasteiger partial charge is 0.307 e. The Morgan fingerprint density at radius 3 is 2.10 bits per heavy atom. The Labute approximate surface area is 209 Å². The number of rotatable bonds is 0. The van der Waals surface area contributed by atoms with E-state index < -0.39 is 0 Å². The molecular weight excluding hydrogens is 543 g/mol. The third-order valence-electron chi connectivity index (χ3n) is 3.18. The van der Waals surface area contributed by atoms with Gasteiger partial charge in [-0.2, -0.15) is 23.1 Å². The van der Waals surface area contributed by atoms with Crippen molar-refractivity contribution in [2.45, 2.75) is 30.8 Å². The van der Waals surface area contributed by atoms with Gasteiger partial charge in [-0.3, -0.25) is 4.99 Å². The standard InChI is InChI=1S/C4H7NS2.C4H9NS.C4H8S.C4H4S.C3H2BrNS/c1-6-4-5-2-3-7-4;1-4-2-5-3-6-4;1-4(2)3-5-4;1-2-4-5-3-1;4-3-5-1-2-6-3/h2-3H2,1H3;4-5H,2-3H2,1H3;3H2,1-2H3;1-4H;1-2H. The zero-order valence-electron chi connectivity index (χ0n) is 17.3. The molecule has 2 saturated heterocycles. The van der Waals surface area contributed by atoms with Crippen LogP contribution in [0.15, 0.2) is 43.4 Å². The van der Waals surface area contributed by atoms with Crippen molar-refractivity contribution in [3.05, 3.63) is 38.4 Å². The van der Waals surface area contributed by atoms with Crippen molar-refractivity contribution in [3.63, 3.8) is 0 Å². The van der Waals surface area contributed by atoms with Gasteiger partial charge in [0.15, 0.2) is 3.92 Å². The molecule has 0 aliphatic carbocycles. The van der Waals surface area contributed by atoms with Crippen LogP contribution in [0.25, 0.3) is 0 Å². The van der Waals surface area contributed by atoms with E-state index in [4.69, 9.17) is 0 Å². The fourth-order valence-corrected chi connectivity index (χ4v) is 5.32. The molecule has 1 atom stereocenters. The summed E-state index contributed by atoms with van der Waals surface area (Å²) in [6.07, 6.45) is 3.83. The van der Waals surface area contributed by atoms with Crippen LogP contribution < -0.4 is 5.32 Å². The first-order valence-corrected chi connectivity index (χ1v) is 16.0. The van der Waals surface area contributed by atoms with Crippen molar-refractivity contribution in [1.82, 2.24) is 10.3 Å². The lowest BCUT2D eigenvalue weighted by Crippen LogP contribution is -2.09. The van der Waals surface area contributed by atoms with E-state index in [1.807, 2.05) is 63.6 Å². The average molecular weight is 573 g/mol. The van der Waals surface area contributed by atoms with E-state index in [0.717, 1.165) is 21.6 Å². The predicted octanol–water partition coefficient (Wildman–Crippen LogP) is 7.29. The van der Waals surface area contributed by atoms with Gasteiger partial charge in [0, 0.05) is 45.5 Å². The summed E-state index contributed by atoms with van der Waals surface area (Å²) in [4.78, 5) is 8.05. The highest BCUT2D eigenvalue weighted by Crippen LogP contribution is 2.42. The summed E-state index contributed by atoms with van der Waals surface area (Å²) in [6, 6.07) is 4.04. The molecule has 0 saturated carbocycles. The highest BCUT2D eigenvalue weighted by atomic mass is 79.9. The molecule has 2 fully saturated rings. The van der Waals surface area contributed by atoms with Crippen molar-refractivity contribution in [2.75, 3.05) is 36.7 Å². The molecule has 1 N–H and O–H groups in total. The SMILES string of the molecule is Brc1nccs1.CC1(C)CS1.CC1CNCS1.CSC1=NCCS1.c1ccsc1. The number of hydrogen-bond donors (Lipinski definition) is 1. The first kappa shape index (κ1) is 27.9. The monoisotopic (exact) mass is 571 g/mol. The number of thiazole rings is 1. The highest BCUT2D eigenvalue weighted by Gasteiger charge is 2.31. The van der Waals surface area contributed by atoms with Crippen LogP contribution >= 0.6 is 85.7 Å². The summed E-state index contributed by atoms with van der Waals surface area (Å²) < 4.78 is 2.86. The van der Waals surface area contributed by atoms with Gasteiger partial charge in [-0.1, -0.05) is 30.8 Å². The Balaban J connectivity index is 0.000000182. The summed E-state index contributed by atoms with van der Waals surface area (Å²) in [6.45, 7) is 8.99. The molecule has 2 aromatic heterocycles. The molecule has 3 nitrogen and oxygen atoms in total. The molecule has 3 aliphatic rings. The van der Waals surface area contributed by atoms with Gasteiger partial charge < -0.3 is 5.32 Å². The fourth-order valence-electron chi connectivity index (χ4n) is 1.54. The van der Waals surface area contributed by atoms with Crippen LogP contribution in [-0.4, -0.2) is 56.1 Å². The van der Waals surface area contributed by atoms with Crippen molar-refractivity contribution in [3.8, 4) is 0 Å². The van der Waals surface area contributed by atoms with Crippen LogP contribution in [0, 0.1) is 0 Å². The van der Waals surface area contributed by atoms with Gasteiger partial charge in [0.05, 0.1) is 6.54 Å². The Morgan fingerprint density at radius 2 is 1.93 bits per heavy atom. The zero-order valence-corrected chi connectivity index (χ0v) is 23.8. The van der Waals surface area contributed by atoms with Crippen LogP contribution in [0.4, 0.5) is 0 Å². The van der Waals surface area contributed by atoms with E-state index in [1.54, 1.807) is 40.6 Å². The number of nitrogens with one attached hydrogen (secondary N) is 1. The molecular formula is C19H30BrN3S6. The number of halogens is 1. The second kappa shape index (κ2) is 17.4. The van der Waals surface area contributed by atoms with E-state index in [1.165, 1.54) is 22.4 Å². The molecule has 1 unspecified atom stereocenters. The number of aromatic nitrogens is 1. The summed E-state index contributed by atoms with van der Waals surface area (Å²) >= 11 is 14.1. The van der Waals surface area contributed by atoms with Gasteiger partial charge in [-0.05, 0) is 46.8 Å². The topological polar surface area (TPSA) is 37.3 Å². The Bertz CT molecular complexity index is 605. The van der Waals surface area contributed by atoms with Gasteiger partial charge in [0.2, 0.25) is 0 Å². The van der Waals surface area contributed by atoms with Gasteiger partial charge >= 0.3 is 0 Å². The van der Waals surface area contributed by atoms with Crippen LogP contribution in [-0.2, 0) is 0 Å². The van der Waals surface area contributed by atoms with Gasteiger partial charge in [0.1, 0.15) is 4.38 Å². The van der Waals surface area contributed by atoms with Crippen LogP contribution in [0.5, 0.6) is 0 Å². The summed E-state index contributed by atoms with van der Waals surface area (Å²) in [5.74, 6) is 3.71. The van der Waals surface area contributed by atoms with E-state index in [0.29, 0.717) is 4.75 Å². The van der Waals surface area contributed by atoms with E-state index in [-0.39, 0.29) is 0 Å². The minimum Gasteiger partial charge on any atom is -0.307 e. The lowest BCUT2D eigenvalue weighted by atomic mass is 10.3. The maximum absolute atomic E-state index is 4.20. The lowest BCUT2D eigenvalue weighted by Gasteiger charge is -1.89. The second-order valence-electron chi connectivity index (χ2n) is 6.40. The molecule has 0 spiro atoms. The van der Waals surface area contributed by atoms with Gasteiger partial charge in [0.25, 0.3) is 0 Å². The molecule has 5 rings (SSSR count). The van der Waals surface area contributed by atoms with Crippen molar-refractivity contribution < 1.29 is 0 Å². The molecule has 0 radical (unpaired) electrons. The lowest BCUT2D eigenvalue weighted by molar-refractivity contribution is 0.813. The van der Waals surface area contributed by atoms with E-state index in [2.05, 4.69) is 58.3 Å². The first-order chi connectivity index (χ1) is 13.9. The van der Waals surface area contributed by atoms with E-state index in [9.17, 15) is 0 Å². The minimum absolute atomic E-state index is 0.667. The number of hydrogen-bond acceptors (Lipinski definition) is 9. The normalized spacial score (nSPS) is 20.3. The molecule has 3 aliphatic heterocycles. The summed E-state index contributed by atoms with van der Waals surface area (Å²) in [5, 5.41) is 10.1. The highest BCUT2D eigenvalue weighted by molar-refractivity contribution is 9.11. The molecule has 0 aromatic carbocycles. The van der Waals surface area contributed by atoms with Crippen molar-refractivity contribution in [2.24, 2.45) is 4.99 Å². The smallest absolute Gasteiger partial charge is 0.159 e. The Kier molecular flexibility index (Phi) is 16.7. The van der Waals surface area contributed by atoms with E-state index >= 15 is 0 Å². The molecule has 2 aromatic rings. The minimum atomic E-state index is 0.667. The Hall–Kier alpha value is 0.840. The second-order valence-corrected chi connectivity index (χ2v) is 14.6. The first-order valence-electron chi connectivity index (χ1n) is 9.12. The molecule has 164 valence electrons. The number of aliphatic imine (C=N–C) groups is 1. The number of thiophene rings is 1. The third kappa shape index (κ3) is 18.1. The zero-order chi connectivity index (χ0) is 21.4. The molecule has 29 heavy (non-hydrogen) atoms. The van der Waals surface area contributed by atoms with Crippen molar-refractivity contribution in [1.29, 1.82) is 0 Å². The van der Waals surface area contributed by atoms with Gasteiger partial charge in [-0.15, -0.1) is 34.9 Å². The quantitative estimate of drug-likeness (QED) is 0.334. The Morgan fingerprint density at radius 1 is 1.24 bits per heavy atom. The predicted molar refractivity (Wildman–Crippen MR) is 149 cm³/mol. The summed E-state index contributed by atoms with van der Waals surface area (Å²) in [5.41, 5.74) is 0. The molecule has 0 bridgehead atoms. The van der Waals surface area contributed by atoms with Crippen LogP contribution in [0.2, 0.25) is 0 Å². The average Bonchev–Trinajstić information content (AvgIpc) is 3.38. The van der Waals surface area contributed by atoms with Crippen LogP contribution in [0.1, 0.15) is 20.8 Å².